The fraction of sp³-hybridized carbons (Fsp3) is 0.250. The molecule has 0 amide bonds. The standard InChI is InChI=1S/C16H15N7O/c1-2-13-11(8-19-21-13)7-12(1)23-10-18-14-9-17-16(20-15(14)23)22-3-5-24-6-4-22/h1-2,7-10H,3-6H2,(H,19,21). The first-order valence-electron chi connectivity index (χ1n) is 7.85. The molecule has 0 atom stereocenters. The number of imidazole rings is 1. The van der Waals surface area contributed by atoms with Gasteiger partial charge in [-0.1, -0.05) is 0 Å². The first-order valence-corrected chi connectivity index (χ1v) is 7.85. The summed E-state index contributed by atoms with van der Waals surface area (Å²) in [5.74, 6) is 0.719. The monoisotopic (exact) mass is 321 g/mol. The Labute approximate surface area is 137 Å². The van der Waals surface area contributed by atoms with Crippen LogP contribution in [-0.2, 0) is 4.74 Å². The number of aromatic nitrogens is 6. The van der Waals surface area contributed by atoms with Crippen LogP contribution in [0.3, 0.4) is 0 Å². The first-order chi connectivity index (χ1) is 11.9. The molecule has 1 N–H and O–H groups in total. The van der Waals surface area contributed by atoms with Crippen LogP contribution < -0.4 is 4.90 Å². The molecule has 120 valence electrons. The zero-order valence-electron chi connectivity index (χ0n) is 12.9. The molecular formula is C16H15N7O. The van der Waals surface area contributed by atoms with Gasteiger partial charge in [-0.15, -0.1) is 0 Å². The summed E-state index contributed by atoms with van der Waals surface area (Å²) in [6, 6.07) is 6.10. The summed E-state index contributed by atoms with van der Waals surface area (Å²) in [5.41, 5.74) is 3.58. The summed E-state index contributed by atoms with van der Waals surface area (Å²) >= 11 is 0. The van der Waals surface area contributed by atoms with E-state index in [-0.39, 0.29) is 0 Å². The molecule has 1 aliphatic heterocycles. The Kier molecular flexibility index (Phi) is 2.95. The lowest BCUT2D eigenvalue weighted by Gasteiger charge is -2.26. The van der Waals surface area contributed by atoms with Gasteiger partial charge < -0.3 is 9.64 Å². The van der Waals surface area contributed by atoms with Crippen LogP contribution >= 0.6 is 0 Å². The second-order valence-corrected chi connectivity index (χ2v) is 5.73. The quantitative estimate of drug-likeness (QED) is 0.603. The van der Waals surface area contributed by atoms with Gasteiger partial charge in [0, 0.05) is 24.2 Å². The molecule has 0 saturated carbocycles. The predicted molar refractivity (Wildman–Crippen MR) is 89.3 cm³/mol. The van der Waals surface area contributed by atoms with E-state index in [1.54, 1.807) is 12.5 Å². The van der Waals surface area contributed by atoms with Gasteiger partial charge >= 0.3 is 0 Å². The number of anilines is 1. The molecule has 0 unspecified atom stereocenters. The van der Waals surface area contributed by atoms with Crippen LogP contribution in [0.4, 0.5) is 5.95 Å². The number of hydrogen-bond donors (Lipinski definition) is 1. The van der Waals surface area contributed by atoms with Crippen LogP contribution in [0.2, 0.25) is 0 Å². The zero-order valence-corrected chi connectivity index (χ0v) is 12.9. The summed E-state index contributed by atoms with van der Waals surface area (Å²) < 4.78 is 7.38. The summed E-state index contributed by atoms with van der Waals surface area (Å²) in [7, 11) is 0. The van der Waals surface area contributed by atoms with E-state index in [9.17, 15) is 0 Å². The molecule has 24 heavy (non-hydrogen) atoms. The van der Waals surface area contributed by atoms with Crippen molar-refractivity contribution in [1.82, 2.24) is 29.7 Å². The van der Waals surface area contributed by atoms with E-state index in [0.29, 0.717) is 13.2 Å². The molecule has 5 rings (SSSR count). The number of hydrogen-bond acceptors (Lipinski definition) is 6. The van der Waals surface area contributed by atoms with Crippen molar-refractivity contribution in [3.05, 3.63) is 36.9 Å². The van der Waals surface area contributed by atoms with Gasteiger partial charge in [-0.2, -0.15) is 10.1 Å². The number of rotatable bonds is 2. The summed E-state index contributed by atoms with van der Waals surface area (Å²) in [5, 5.41) is 8.08. The number of nitrogens with one attached hydrogen (secondary N) is 1. The minimum atomic E-state index is 0.706. The highest BCUT2D eigenvalue weighted by atomic mass is 16.5. The van der Waals surface area contributed by atoms with Crippen molar-refractivity contribution >= 4 is 28.0 Å². The lowest BCUT2D eigenvalue weighted by atomic mass is 10.2. The first kappa shape index (κ1) is 13.4. The molecule has 1 aliphatic rings. The van der Waals surface area contributed by atoms with Crippen molar-refractivity contribution in [2.45, 2.75) is 0 Å². The lowest BCUT2D eigenvalue weighted by molar-refractivity contribution is 0.122. The van der Waals surface area contributed by atoms with Gasteiger partial charge in [0.15, 0.2) is 5.65 Å². The summed E-state index contributed by atoms with van der Waals surface area (Å²) in [6.45, 7) is 3.02. The number of ether oxygens (including phenoxy) is 1. The third-order valence-corrected chi connectivity index (χ3v) is 4.27. The number of aromatic amines is 1. The molecule has 3 aromatic heterocycles. The van der Waals surface area contributed by atoms with Gasteiger partial charge in [-0.3, -0.25) is 9.67 Å². The van der Waals surface area contributed by atoms with Crippen LogP contribution in [0.5, 0.6) is 0 Å². The Hall–Kier alpha value is -3.00. The van der Waals surface area contributed by atoms with Crippen LogP contribution in [0.25, 0.3) is 27.8 Å². The van der Waals surface area contributed by atoms with Gasteiger partial charge in [-0.05, 0) is 18.2 Å². The van der Waals surface area contributed by atoms with Crippen molar-refractivity contribution in [2.75, 3.05) is 31.2 Å². The fourth-order valence-electron chi connectivity index (χ4n) is 2.99. The Morgan fingerprint density at radius 2 is 2.00 bits per heavy atom. The van der Waals surface area contributed by atoms with Gasteiger partial charge in [0.05, 0.1) is 31.1 Å². The molecule has 0 bridgehead atoms. The highest BCUT2D eigenvalue weighted by Crippen LogP contribution is 2.21. The highest BCUT2D eigenvalue weighted by molar-refractivity contribution is 5.81. The molecule has 4 aromatic rings. The van der Waals surface area contributed by atoms with Crippen LogP contribution in [-0.4, -0.2) is 56.0 Å². The van der Waals surface area contributed by atoms with Crippen LogP contribution in [0, 0.1) is 0 Å². The van der Waals surface area contributed by atoms with Crippen molar-refractivity contribution in [1.29, 1.82) is 0 Å². The third-order valence-electron chi connectivity index (χ3n) is 4.27. The van der Waals surface area contributed by atoms with Gasteiger partial charge in [0.1, 0.15) is 11.8 Å². The van der Waals surface area contributed by atoms with E-state index in [0.717, 1.165) is 46.8 Å². The van der Waals surface area contributed by atoms with Crippen molar-refractivity contribution in [2.24, 2.45) is 0 Å². The Balaban J connectivity index is 1.62. The number of nitrogens with zero attached hydrogens (tertiary/aromatic N) is 6. The number of benzene rings is 1. The second-order valence-electron chi connectivity index (χ2n) is 5.73. The zero-order chi connectivity index (χ0) is 15.9. The number of morpholine rings is 1. The molecule has 8 nitrogen and oxygen atoms in total. The Morgan fingerprint density at radius 3 is 2.92 bits per heavy atom. The Morgan fingerprint density at radius 1 is 1.08 bits per heavy atom. The highest BCUT2D eigenvalue weighted by Gasteiger charge is 2.16. The van der Waals surface area contributed by atoms with Crippen LogP contribution in [0.15, 0.2) is 36.9 Å². The van der Waals surface area contributed by atoms with E-state index >= 15 is 0 Å². The fourth-order valence-corrected chi connectivity index (χ4v) is 2.99. The third kappa shape index (κ3) is 2.11. The average molecular weight is 321 g/mol. The molecule has 0 spiro atoms. The molecule has 4 heterocycles. The molecule has 1 fully saturated rings. The van der Waals surface area contributed by atoms with Gasteiger partial charge in [0.2, 0.25) is 5.95 Å². The second kappa shape index (κ2) is 5.27. The maximum atomic E-state index is 5.40. The van der Waals surface area contributed by atoms with E-state index in [1.807, 2.05) is 22.9 Å². The average Bonchev–Trinajstić information content (AvgIpc) is 3.27. The molecule has 8 heteroatoms. The molecule has 0 radical (unpaired) electrons. The SMILES string of the molecule is c1cc2[nH]ncc2cc1-n1cnc2cnc(N3CCOCC3)nc21. The van der Waals surface area contributed by atoms with Crippen molar-refractivity contribution in [3.63, 3.8) is 0 Å². The summed E-state index contributed by atoms with van der Waals surface area (Å²) in [6.07, 6.45) is 5.37. The van der Waals surface area contributed by atoms with Gasteiger partial charge in [-0.25, -0.2) is 9.97 Å². The number of H-pyrrole nitrogens is 1. The largest absolute Gasteiger partial charge is 0.378 e. The van der Waals surface area contributed by atoms with E-state index in [4.69, 9.17) is 9.72 Å². The minimum absolute atomic E-state index is 0.706. The van der Waals surface area contributed by atoms with E-state index in [2.05, 4.69) is 31.1 Å². The molecule has 1 saturated heterocycles. The number of fused-ring (bicyclic) bond motifs is 2. The van der Waals surface area contributed by atoms with Crippen molar-refractivity contribution < 1.29 is 4.74 Å². The normalized spacial score (nSPS) is 15.4. The maximum Gasteiger partial charge on any atom is 0.227 e. The summed E-state index contributed by atoms with van der Waals surface area (Å²) in [4.78, 5) is 15.7. The maximum absolute atomic E-state index is 5.40. The predicted octanol–water partition coefficient (Wildman–Crippen LogP) is 1.53. The molecular weight excluding hydrogens is 306 g/mol. The van der Waals surface area contributed by atoms with E-state index < -0.39 is 0 Å². The van der Waals surface area contributed by atoms with E-state index in [1.165, 1.54) is 0 Å². The Bertz CT molecular complexity index is 1020. The smallest absolute Gasteiger partial charge is 0.227 e. The van der Waals surface area contributed by atoms with Crippen LogP contribution in [0.1, 0.15) is 0 Å². The van der Waals surface area contributed by atoms with Crippen molar-refractivity contribution in [3.8, 4) is 5.69 Å². The topological polar surface area (TPSA) is 84.8 Å². The van der Waals surface area contributed by atoms with Gasteiger partial charge in [0.25, 0.3) is 0 Å². The molecule has 1 aromatic carbocycles. The minimum Gasteiger partial charge on any atom is -0.378 e. The molecule has 0 aliphatic carbocycles. The lowest BCUT2D eigenvalue weighted by Crippen LogP contribution is -2.37.